The van der Waals surface area contributed by atoms with Gasteiger partial charge < -0.3 is 19.7 Å². The number of hydrogen-bond acceptors (Lipinski definition) is 7. The zero-order chi connectivity index (χ0) is 27.8. The van der Waals surface area contributed by atoms with Crippen LogP contribution in [0.15, 0.2) is 72.8 Å². The maximum absolute atomic E-state index is 13.0. The van der Waals surface area contributed by atoms with Crippen molar-refractivity contribution in [2.24, 2.45) is 5.92 Å². The number of amides is 2. The lowest BCUT2D eigenvalue weighted by Crippen LogP contribution is -2.46. The highest BCUT2D eigenvalue weighted by atomic mass is 16.7. The average molecular weight is 543 g/mol. The number of imide groups is 1. The Kier molecular flexibility index (Phi) is 7.53. The first-order chi connectivity index (χ1) is 19.5. The molecule has 3 aromatic carbocycles. The number of benzene rings is 3. The van der Waals surface area contributed by atoms with Crippen molar-refractivity contribution < 1.29 is 29.3 Å². The predicted octanol–water partition coefficient (Wildman–Crippen LogP) is 4.23. The molecule has 3 aliphatic heterocycles. The molecule has 2 saturated heterocycles. The van der Waals surface area contributed by atoms with Crippen molar-refractivity contribution >= 4 is 17.5 Å². The number of aliphatic hydroxyl groups is 2. The topological polar surface area (TPSA) is 99.5 Å². The van der Waals surface area contributed by atoms with E-state index in [1.807, 2.05) is 36.4 Å². The quantitative estimate of drug-likeness (QED) is 0.431. The standard InChI is InChI=1S/C32H34N2O6/c1-20-28(17-33-16-4-5-25(33)19-36)39-32(40-29(20)22-10-8-21(18-35)9-11-22)23-12-14-24(15-13-23)34-30(37)26-6-2-3-7-27(26)31(34)38/h2-3,6-15,20,25,28-29,32,35-36H,4-5,16-19H2,1H3/t20-,25-,28+,29+,32+/m0/s1. The van der Waals surface area contributed by atoms with Crippen LogP contribution in [0.1, 0.15) is 69.6 Å². The van der Waals surface area contributed by atoms with E-state index in [1.165, 1.54) is 4.90 Å². The fourth-order valence-electron chi connectivity index (χ4n) is 6.11. The van der Waals surface area contributed by atoms with E-state index in [2.05, 4.69) is 11.8 Å². The van der Waals surface area contributed by atoms with Crippen LogP contribution in [0, 0.1) is 5.92 Å². The average Bonchev–Trinajstić information content (AvgIpc) is 3.55. The molecular weight excluding hydrogens is 508 g/mol. The van der Waals surface area contributed by atoms with Gasteiger partial charge in [0.15, 0.2) is 6.29 Å². The van der Waals surface area contributed by atoms with Crippen molar-refractivity contribution in [1.29, 1.82) is 0 Å². The lowest BCUT2D eigenvalue weighted by molar-refractivity contribution is -0.276. The molecule has 0 saturated carbocycles. The van der Waals surface area contributed by atoms with Crippen LogP contribution in [0.3, 0.4) is 0 Å². The van der Waals surface area contributed by atoms with Gasteiger partial charge in [0, 0.05) is 24.1 Å². The van der Waals surface area contributed by atoms with E-state index in [-0.39, 0.29) is 49.2 Å². The third-order valence-electron chi connectivity index (χ3n) is 8.47. The van der Waals surface area contributed by atoms with Crippen LogP contribution in [0.25, 0.3) is 0 Å². The zero-order valence-corrected chi connectivity index (χ0v) is 22.5. The molecule has 5 atom stereocenters. The summed E-state index contributed by atoms with van der Waals surface area (Å²) in [5.74, 6) is -0.625. The molecule has 0 aliphatic carbocycles. The Morgan fingerprint density at radius 3 is 2.12 bits per heavy atom. The number of ether oxygens (including phenoxy) is 2. The maximum atomic E-state index is 13.0. The van der Waals surface area contributed by atoms with Crippen LogP contribution in [-0.4, -0.2) is 58.8 Å². The zero-order valence-electron chi connectivity index (χ0n) is 22.5. The van der Waals surface area contributed by atoms with Gasteiger partial charge in [0.2, 0.25) is 0 Å². The first kappa shape index (κ1) is 26.8. The number of hydrogen-bond donors (Lipinski definition) is 2. The number of likely N-dealkylation sites (tertiary alicyclic amines) is 1. The highest BCUT2D eigenvalue weighted by Gasteiger charge is 2.41. The van der Waals surface area contributed by atoms with E-state index >= 15 is 0 Å². The van der Waals surface area contributed by atoms with Crippen molar-refractivity contribution in [3.05, 3.63) is 101 Å². The molecule has 208 valence electrons. The fraction of sp³-hybridized carbons (Fsp3) is 0.375. The van der Waals surface area contributed by atoms with Gasteiger partial charge in [-0.3, -0.25) is 14.5 Å². The summed E-state index contributed by atoms with van der Waals surface area (Å²) in [6.45, 7) is 3.85. The molecular formula is C32H34N2O6. The Labute approximate surface area is 233 Å². The number of carbonyl (C=O) groups excluding carboxylic acids is 2. The summed E-state index contributed by atoms with van der Waals surface area (Å²) in [5, 5.41) is 19.4. The van der Waals surface area contributed by atoms with Gasteiger partial charge in [0.05, 0.1) is 42.2 Å². The molecule has 0 radical (unpaired) electrons. The first-order valence-corrected chi connectivity index (χ1v) is 13.9. The van der Waals surface area contributed by atoms with E-state index in [4.69, 9.17) is 9.47 Å². The predicted molar refractivity (Wildman–Crippen MR) is 149 cm³/mol. The SMILES string of the molecule is C[C@H]1[C@@H](CN2CCC[C@H]2CO)O[C@@H](c2ccc(N3C(=O)c4ccccc4C3=O)cc2)O[C@H]1c1ccc(CO)cc1. The molecule has 0 unspecified atom stereocenters. The van der Waals surface area contributed by atoms with Crippen molar-refractivity contribution in [3.8, 4) is 0 Å². The molecule has 0 spiro atoms. The fourth-order valence-corrected chi connectivity index (χ4v) is 6.11. The van der Waals surface area contributed by atoms with Crippen molar-refractivity contribution in [3.63, 3.8) is 0 Å². The summed E-state index contributed by atoms with van der Waals surface area (Å²) >= 11 is 0. The third kappa shape index (κ3) is 4.87. The highest BCUT2D eigenvalue weighted by molar-refractivity contribution is 6.34. The second kappa shape index (κ2) is 11.2. The molecule has 40 heavy (non-hydrogen) atoms. The molecule has 6 rings (SSSR count). The monoisotopic (exact) mass is 542 g/mol. The van der Waals surface area contributed by atoms with Gasteiger partial charge in [-0.15, -0.1) is 0 Å². The molecule has 3 aliphatic rings. The minimum atomic E-state index is -0.657. The van der Waals surface area contributed by atoms with Gasteiger partial charge in [-0.2, -0.15) is 0 Å². The molecule has 2 amide bonds. The lowest BCUT2D eigenvalue weighted by Gasteiger charge is -2.43. The van der Waals surface area contributed by atoms with E-state index in [0.29, 0.717) is 23.4 Å². The number of rotatable bonds is 7. The molecule has 0 aromatic heterocycles. The van der Waals surface area contributed by atoms with Crippen LogP contribution in [0.2, 0.25) is 0 Å². The van der Waals surface area contributed by atoms with Crippen molar-refractivity contribution in [1.82, 2.24) is 4.90 Å². The molecule has 3 heterocycles. The summed E-state index contributed by atoms with van der Waals surface area (Å²) in [4.78, 5) is 29.4. The van der Waals surface area contributed by atoms with E-state index in [9.17, 15) is 19.8 Å². The van der Waals surface area contributed by atoms with Crippen LogP contribution in [0.4, 0.5) is 5.69 Å². The Morgan fingerprint density at radius 1 is 0.850 bits per heavy atom. The number of fused-ring (bicyclic) bond motifs is 1. The summed E-state index contributed by atoms with van der Waals surface area (Å²) in [5.41, 5.74) is 3.94. The summed E-state index contributed by atoms with van der Waals surface area (Å²) < 4.78 is 13.1. The second-order valence-electron chi connectivity index (χ2n) is 10.9. The summed E-state index contributed by atoms with van der Waals surface area (Å²) in [7, 11) is 0. The third-order valence-corrected chi connectivity index (χ3v) is 8.47. The molecule has 8 nitrogen and oxygen atoms in total. The number of anilines is 1. The normalized spacial score (nSPS) is 26.9. The molecule has 2 N–H and O–H groups in total. The van der Waals surface area contributed by atoms with Gasteiger partial charge in [-0.05, 0) is 54.8 Å². The van der Waals surface area contributed by atoms with Crippen LogP contribution < -0.4 is 4.90 Å². The highest BCUT2D eigenvalue weighted by Crippen LogP contribution is 2.42. The summed E-state index contributed by atoms with van der Waals surface area (Å²) in [6, 6.07) is 22.0. The van der Waals surface area contributed by atoms with E-state index < -0.39 is 6.29 Å². The maximum Gasteiger partial charge on any atom is 0.266 e. The number of carbonyl (C=O) groups is 2. The van der Waals surface area contributed by atoms with Crippen molar-refractivity contribution in [2.75, 3.05) is 24.6 Å². The summed E-state index contributed by atoms with van der Waals surface area (Å²) in [6.07, 6.45) is 0.975. The van der Waals surface area contributed by atoms with Gasteiger partial charge in [0.1, 0.15) is 0 Å². The van der Waals surface area contributed by atoms with Gasteiger partial charge in [0.25, 0.3) is 11.8 Å². The lowest BCUT2D eigenvalue weighted by atomic mass is 9.90. The van der Waals surface area contributed by atoms with Gasteiger partial charge in [-0.1, -0.05) is 55.5 Å². The molecule has 3 aromatic rings. The number of nitrogens with zero attached hydrogens (tertiary/aromatic N) is 2. The minimum absolute atomic E-state index is 0.0212. The van der Waals surface area contributed by atoms with E-state index in [0.717, 1.165) is 36.1 Å². The first-order valence-electron chi connectivity index (χ1n) is 13.9. The molecule has 0 bridgehead atoms. The minimum Gasteiger partial charge on any atom is -0.395 e. The van der Waals surface area contributed by atoms with Crippen LogP contribution >= 0.6 is 0 Å². The Morgan fingerprint density at radius 2 is 1.50 bits per heavy atom. The molecule has 2 fully saturated rings. The second-order valence-corrected chi connectivity index (χ2v) is 10.9. The Balaban J connectivity index is 1.26. The largest absolute Gasteiger partial charge is 0.395 e. The molecule has 8 heteroatoms. The van der Waals surface area contributed by atoms with E-state index in [1.54, 1.807) is 36.4 Å². The van der Waals surface area contributed by atoms with Gasteiger partial charge >= 0.3 is 0 Å². The van der Waals surface area contributed by atoms with Crippen LogP contribution in [-0.2, 0) is 16.1 Å². The Bertz CT molecular complexity index is 1340. The van der Waals surface area contributed by atoms with Crippen LogP contribution in [0.5, 0.6) is 0 Å². The number of aliphatic hydroxyl groups excluding tert-OH is 2. The van der Waals surface area contributed by atoms with Crippen molar-refractivity contribution in [2.45, 2.75) is 50.9 Å². The smallest absolute Gasteiger partial charge is 0.266 e. The Hall–Kier alpha value is -3.40. The van der Waals surface area contributed by atoms with Gasteiger partial charge in [-0.25, -0.2) is 4.90 Å².